The van der Waals surface area contributed by atoms with Crippen LogP contribution in [0.15, 0.2) is 30.3 Å². The number of benzene rings is 1. The van der Waals surface area contributed by atoms with Crippen molar-refractivity contribution >= 4 is 12.3 Å². The summed E-state index contributed by atoms with van der Waals surface area (Å²) in [7, 11) is 0. The van der Waals surface area contributed by atoms with Crippen molar-refractivity contribution in [2.45, 2.75) is 26.3 Å². The maximum Gasteiger partial charge on any atom is 0.320 e. The Morgan fingerprint density at radius 1 is 1.41 bits per heavy atom. The second kappa shape index (κ2) is 8.47. The molecule has 2 atom stereocenters. The number of aliphatic carboxylic acids is 1. The molecule has 1 aromatic carbocycles. The van der Waals surface area contributed by atoms with Gasteiger partial charge < -0.3 is 10.8 Å². The number of nitrogens with two attached hydrogens (primary N) is 1. The van der Waals surface area contributed by atoms with E-state index in [0.717, 1.165) is 18.3 Å². The predicted octanol–water partition coefficient (Wildman–Crippen LogP) is 1.94. The maximum absolute atomic E-state index is 10.2. The molecule has 0 heterocycles. The van der Waals surface area contributed by atoms with E-state index in [1.54, 1.807) is 12.1 Å². The zero-order chi connectivity index (χ0) is 13.3. The van der Waals surface area contributed by atoms with Crippen molar-refractivity contribution < 1.29 is 14.7 Å². The van der Waals surface area contributed by atoms with Crippen LogP contribution in [0.2, 0.25) is 0 Å². The van der Waals surface area contributed by atoms with Gasteiger partial charge in [-0.15, -0.1) is 0 Å². The van der Waals surface area contributed by atoms with Gasteiger partial charge in [0.2, 0.25) is 0 Å². The molecule has 0 aliphatic rings. The molecule has 3 N–H and O–H groups in total. The summed E-state index contributed by atoms with van der Waals surface area (Å²) in [5, 5.41) is 8.36. The highest BCUT2D eigenvalue weighted by atomic mass is 16.4. The minimum absolute atomic E-state index is 0.0718. The number of aldehydes is 1. The first-order chi connectivity index (χ1) is 8.02. The molecule has 0 fully saturated rings. The van der Waals surface area contributed by atoms with Crippen molar-refractivity contribution in [3.05, 3.63) is 35.9 Å². The number of carboxylic acids is 1. The summed E-state index contributed by atoms with van der Waals surface area (Å²) in [6, 6.07) is 8.40. The summed E-state index contributed by atoms with van der Waals surface area (Å²) in [5.41, 5.74) is 6.00. The summed E-state index contributed by atoms with van der Waals surface area (Å²) in [4.78, 5) is 20.2. The van der Waals surface area contributed by atoms with Gasteiger partial charge in [-0.1, -0.05) is 50.6 Å². The Kier molecular flexibility index (Phi) is 7.63. The molecule has 0 aliphatic heterocycles. The molecular formula is C13H19NO3. The molecule has 0 saturated carbocycles. The lowest BCUT2D eigenvalue weighted by atomic mass is 10.0. The van der Waals surface area contributed by atoms with Gasteiger partial charge in [-0.3, -0.25) is 9.59 Å². The Labute approximate surface area is 101 Å². The predicted molar refractivity (Wildman–Crippen MR) is 66.9 cm³/mol. The van der Waals surface area contributed by atoms with Gasteiger partial charge in [-0.2, -0.15) is 0 Å². The Bertz CT molecular complexity index is 338. The van der Waals surface area contributed by atoms with E-state index < -0.39 is 12.0 Å². The SMILES string of the molecule is CC[C@H](C)[C@H](N)C(=O)O.O=Cc1ccccc1. The van der Waals surface area contributed by atoms with E-state index in [0.29, 0.717) is 0 Å². The second-order valence-corrected chi connectivity index (χ2v) is 3.78. The standard InChI is InChI=1S/C7H6O.C6H13NO2/c8-6-7-4-2-1-3-5-7;1-3-4(2)5(7)6(8)9/h1-6H;4-5H,3,7H2,1-2H3,(H,8,9)/t;4-,5-/m.0/s1. The number of carboxylic acid groups (broad SMARTS) is 1. The second-order valence-electron chi connectivity index (χ2n) is 3.78. The average molecular weight is 237 g/mol. The molecule has 0 saturated heterocycles. The van der Waals surface area contributed by atoms with Crippen molar-refractivity contribution in [1.29, 1.82) is 0 Å². The maximum atomic E-state index is 10.2. The molecule has 4 nitrogen and oxygen atoms in total. The highest BCUT2D eigenvalue weighted by Crippen LogP contribution is 2.04. The molecule has 0 amide bonds. The van der Waals surface area contributed by atoms with Crippen LogP contribution < -0.4 is 5.73 Å². The molecular weight excluding hydrogens is 218 g/mol. The summed E-state index contributed by atoms with van der Waals surface area (Å²) in [6.45, 7) is 3.76. The number of rotatable bonds is 4. The lowest BCUT2D eigenvalue weighted by Gasteiger charge is -2.11. The van der Waals surface area contributed by atoms with E-state index in [9.17, 15) is 9.59 Å². The first-order valence-corrected chi connectivity index (χ1v) is 5.51. The summed E-state index contributed by atoms with van der Waals surface area (Å²) >= 11 is 0. The minimum atomic E-state index is -0.913. The number of hydrogen-bond donors (Lipinski definition) is 2. The van der Waals surface area contributed by atoms with E-state index in [4.69, 9.17) is 10.8 Å². The molecule has 0 unspecified atom stereocenters. The van der Waals surface area contributed by atoms with Crippen LogP contribution in [0.25, 0.3) is 0 Å². The van der Waals surface area contributed by atoms with Crippen LogP contribution in [-0.4, -0.2) is 23.4 Å². The van der Waals surface area contributed by atoms with Crippen LogP contribution in [0.4, 0.5) is 0 Å². The van der Waals surface area contributed by atoms with E-state index in [2.05, 4.69) is 0 Å². The third-order valence-electron chi connectivity index (χ3n) is 2.48. The van der Waals surface area contributed by atoms with Crippen molar-refractivity contribution in [3.63, 3.8) is 0 Å². The van der Waals surface area contributed by atoms with Crippen molar-refractivity contribution in [2.75, 3.05) is 0 Å². The van der Waals surface area contributed by atoms with Crippen LogP contribution in [0.1, 0.15) is 30.6 Å². The largest absolute Gasteiger partial charge is 0.480 e. The van der Waals surface area contributed by atoms with Gasteiger partial charge in [0, 0.05) is 5.56 Å². The lowest BCUT2D eigenvalue weighted by Crippen LogP contribution is -2.36. The Hall–Kier alpha value is -1.68. The fourth-order valence-electron chi connectivity index (χ4n) is 1.03. The van der Waals surface area contributed by atoms with Crippen LogP contribution >= 0.6 is 0 Å². The lowest BCUT2D eigenvalue weighted by molar-refractivity contribution is -0.139. The smallest absolute Gasteiger partial charge is 0.320 e. The van der Waals surface area contributed by atoms with Gasteiger partial charge >= 0.3 is 5.97 Å². The molecule has 0 spiro atoms. The summed E-state index contributed by atoms with van der Waals surface area (Å²) in [5.74, 6) is -0.841. The number of carbonyl (C=O) groups is 2. The number of carbonyl (C=O) groups excluding carboxylic acids is 1. The molecule has 0 aliphatic carbocycles. The van der Waals surface area contributed by atoms with Gasteiger partial charge in [0.25, 0.3) is 0 Å². The quantitative estimate of drug-likeness (QED) is 0.784. The van der Waals surface area contributed by atoms with Crippen molar-refractivity contribution in [1.82, 2.24) is 0 Å². The Balaban J connectivity index is 0.000000302. The van der Waals surface area contributed by atoms with Gasteiger partial charge in [-0.25, -0.2) is 0 Å². The topological polar surface area (TPSA) is 80.4 Å². The summed E-state index contributed by atoms with van der Waals surface area (Å²) < 4.78 is 0. The normalized spacial score (nSPS) is 12.9. The zero-order valence-corrected chi connectivity index (χ0v) is 10.2. The highest BCUT2D eigenvalue weighted by Gasteiger charge is 2.17. The van der Waals surface area contributed by atoms with Gasteiger partial charge in [0.05, 0.1) is 0 Å². The minimum Gasteiger partial charge on any atom is -0.480 e. The van der Waals surface area contributed by atoms with Crippen LogP contribution in [-0.2, 0) is 4.79 Å². The molecule has 0 bridgehead atoms. The fraction of sp³-hybridized carbons (Fsp3) is 0.385. The zero-order valence-electron chi connectivity index (χ0n) is 10.2. The molecule has 0 aromatic heterocycles. The first-order valence-electron chi connectivity index (χ1n) is 5.51. The summed E-state index contributed by atoms with van der Waals surface area (Å²) in [6.07, 6.45) is 1.65. The van der Waals surface area contributed by atoms with E-state index in [-0.39, 0.29) is 5.92 Å². The Morgan fingerprint density at radius 3 is 2.18 bits per heavy atom. The van der Waals surface area contributed by atoms with Crippen LogP contribution in [0, 0.1) is 5.92 Å². The molecule has 0 radical (unpaired) electrons. The van der Waals surface area contributed by atoms with E-state index >= 15 is 0 Å². The molecule has 1 rings (SSSR count). The van der Waals surface area contributed by atoms with Gasteiger partial charge in [0.1, 0.15) is 12.3 Å². The van der Waals surface area contributed by atoms with Gasteiger partial charge in [-0.05, 0) is 5.92 Å². The third kappa shape index (κ3) is 6.48. The van der Waals surface area contributed by atoms with Crippen molar-refractivity contribution in [3.8, 4) is 0 Å². The van der Waals surface area contributed by atoms with Gasteiger partial charge in [0.15, 0.2) is 0 Å². The first kappa shape index (κ1) is 15.3. The highest BCUT2D eigenvalue weighted by molar-refractivity contribution is 5.74. The van der Waals surface area contributed by atoms with E-state index in [1.807, 2.05) is 32.0 Å². The molecule has 4 heteroatoms. The monoisotopic (exact) mass is 237 g/mol. The van der Waals surface area contributed by atoms with Crippen LogP contribution in [0.5, 0.6) is 0 Å². The van der Waals surface area contributed by atoms with Crippen molar-refractivity contribution in [2.24, 2.45) is 11.7 Å². The molecule has 1 aromatic rings. The average Bonchev–Trinajstić information content (AvgIpc) is 2.38. The van der Waals surface area contributed by atoms with E-state index in [1.165, 1.54) is 0 Å². The third-order valence-corrected chi connectivity index (χ3v) is 2.48. The fourth-order valence-corrected chi connectivity index (χ4v) is 1.03. The molecule has 17 heavy (non-hydrogen) atoms. The Morgan fingerprint density at radius 2 is 1.94 bits per heavy atom. The van der Waals surface area contributed by atoms with Crippen LogP contribution in [0.3, 0.4) is 0 Å². The number of hydrogen-bond acceptors (Lipinski definition) is 3. The molecule has 94 valence electrons.